The van der Waals surface area contributed by atoms with Crippen molar-refractivity contribution in [2.45, 2.75) is 64.8 Å². The van der Waals surface area contributed by atoms with Gasteiger partial charge in [-0.25, -0.2) is 9.86 Å². The Morgan fingerprint density at radius 3 is 2.46 bits per heavy atom. The van der Waals surface area contributed by atoms with Crippen molar-refractivity contribution in [3.8, 4) is 0 Å². The summed E-state index contributed by atoms with van der Waals surface area (Å²) in [4.78, 5) is 37.9. The SMILES string of the molecule is CC(=O)NCNC(=O)[C@@H]1C(C)=C[C@@H]2CN1C(=O)N2O[Si](C)(C)C(C)(C)C. The van der Waals surface area contributed by atoms with Crippen LogP contribution < -0.4 is 10.6 Å². The second-order valence-corrected chi connectivity index (χ2v) is 13.1. The first-order chi connectivity index (χ1) is 11.8. The van der Waals surface area contributed by atoms with Crippen LogP contribution in [0, 0.1) is 0 Å². The van der Waals surface area contributed by atoms with Gasteiger partial charge in [0, 0.05) is 6.92 Å². The molecule has 4 amide bonds. The lowest BCUT2D eigenvalue weighted by atomic mass is 10.0. The highest BCUT2D eigenvalue weighted by Gasteiger charge is 2.50. The quantitative estimate of drug-likeness (QED) is 0.429. The highest BCUT2D eigenvalue weighted by atomic mass is 28.4. The van der Waals surface area contributed by atoms with Gasteiger partial charge in [0.2, 0.25) is 20.1 Å². The third kappa shape index (κ3) is 3.93. The number of hydroxylamine groups is 2. The highest BCUT2D eigenvalue weighted by molar-refractivity contribution is 6.74. The number of carbonyl (C=O) groups excluding carboxylic acids is 3. The third-order valence-electron chi connectivity index (χ3n) is 5.30. The van der Waals surface area contributed by atoms with Gasteiger partial charge < -0.3 is 20.1 Å². The second kappa shape index (κ2) is 7.03. The van der Waals surface area contributed by atoms with Crippen LogP contribution >= 0.6 is 0 Å². The molecule has 0 aromatic rings. The molecular weight excluding hydrogens is 352 g/mol. The zero-order valence-corrected chi connectivity index (χ0v) is 17.7. The minimum absolute atomic E-state index is 0.0345. The van der Waals surface area contributed by atoms with E-state index in [1.807, 2.05) is 13.0 Å². The molecular formula is C17H30N4O4Si. The molecule has 0 radical (unpaired) electrons. The topological polar surface area (TPSA) is 91.0 Å². The summed E-state index contributed by atoms with van der Waals surface area (Å²) in [5, 5.41) is 6.58. The van der Waals surface area contributed by atoms with E-state index in [-0.39, 0.29) is 35.6 Å². The molecule has 0 aromatic heterocycles. The summed E-state index contributed by atoms with van der Waals surface area (Å²) in [5.74, 6) is -0.541. The Balaban J connectivity index is 2.13. The first-order valence-corrected chi connectivity index (χ1v) is 11.8. The Hall–Kier alpha value is -1.87. The van der Waals surface area contributed by atoms with Gasteiger partial charge in [-0.3, -0.25) is 9.59 Å². The van der Waals surface area contributed by atoms with Crippen LogP contribution in [0.1, 0.15) is 34.6 Å². The predicted octanol–water partition coefficient (Wildman–Crippen LogP) is 1.57. The van der Waals surface area contributed by atoms with Gasteiger partial charge in [0.05, 0.1) is 19.3 Å². The lowest BCUT2D eigenvalue weighted by Gasteiger charge is -2.39. The van der Waals surface area contributed by atoms with Crippen LogP contribution in [0.2, 0.25) is 18.1 Å². The van der Waals surface area contributed by atoms with Crippen LogP contribution in [0.3, 0.4) is 0 Å². The largest absolute Gasteiger partial charge is 0.344 e. The first kappa shape index (κ1) is 20.4. The Morgan fingerprint density at radius 2 is 1.92 bits per heavy atom. The fourth-order valence-corrected chi connectivity index (χ4v) is 3.77. The normalized spacial score (nSPS) is 23.0. The van der Waals surface area contributed by atoms with Crippen molar-refractivity contribution in [3.63, 3.8) is 0 Å². The van der Waals surface area contributed by atoms with Crippen molar-refractivity contribution in [1.82, 2.24) is 20.6 Å². The van der Waals surface area contributed by atoms with Gasteiger partial charge in [0.15, 0.2) is 0 Å². The zero-order valence-electron chi connectivity index (χ0n) is 16.7. The number of rotatable bonds is 5. The van der Waals surface area contributed by atoms with Crippen molar-refractivity contribution in [3.05, 3.63) is 11.6 Å². The summed E-state index contributed by atoms with van der Waals surface area (Å²) in [6.45, 7) is 14.2. The molecule has 2 aliphatic rings. The summed E-state index contributed by atoms with van der Waals surface area (Å²) in [7, 11) is -2.18. The van der Waals surface area contributed by atoms with E-state index < -0.39 is 14.4 Å². The molecule has 0 aromatic carbocycles. The molecule has 9 heteroatoms. The van der Waals surface area contributed by atoms with Crippen LogP contribution in [0.4, 0.5) is 4.79 Å². The second-order valence-electron chi connectivity index (χ2n) is 8.44. The lowest BCUT2D eigenvalue weighted by molar-refractivity contribution is -0.124. The number of fused-ring (bicyclic) bond motifs is 2. The average Bonchev–Trinajstić information content (AvgIpc) is 2.71. The molecule has 0 aliphatic carbocycles. The van der Waals surface area contributed by atoms with Crippen LogP contribution in [0.15, 0.2) is 11.6 Å². The average molecular weight is 383 g/mol. The molecule has 0 saturated carbocycles. The molecule has 146 valence electrons. The van der Waals surface area contributed by atoms with Crippen molar-refractivity contribution in [1.29, 1.82) is 0 Å². The molecule has 8 nitrogen and oxygen atoms in total. The zero-order chi connectivity index (χ0) is 19.9. The molecule has 2 aliphatic heterocycles. The third-order valence-corrected chi connectivity index (χ3v) is 9.56. The smallest absolute Gasteiger partial charge is 0.339 e. The number of nitrogens with zero attached hydrogens (tertiary/aromatic N) is 2. The van der Waals surface area contributed by atoms with Gasteiger partial charge in [0.25, 0.3) is 0 Å². The van der Waals surface area contributed by atoms with Crippen LogP contribution in [-0.4, -0.2) is 61.4 Å². The summed E-state index contributed by atoms with van der Waals surface area (Å²) in [6, 6.07) is -1.15. The minimum Gasteiger partial charge on any atom is -0.339 e. The molecule has 1 saturated heterocycles. The molecule has 2 atom stereocenters. The van der Waals surface area contributed by atoms with Crippen molar-refractivity contribution in [2.24, 2.45) is 0 Å². The van der Waals surface area contributed by atoms with E-state index >= 15 is 0 Å². The monoisotopic (exact) mass is 382 g/mol. The van der Waals surface area contributed by atoms with E-state index in [2.05, 4.69) is 44.5 Å². The maximum absolute atomic E-state index is 12.9. The van der Waals surface area contributed by atoms with Crippen LogP contribution in [-0.2, 0) is 14.1 Å². The van der Waals surface area contributed by atoms with E-state index in [1.54, 1.807) is 0 Å². The molecule has 2 N–H and O–H groups in total. The number of carbonyl (C=O) groups is 3. The number of hydrogen-bond acceptors (Lipinski definition) is 4. The number of hydrogen-bond donors (Lipinski definition) is 2. The van der Waals surface area contributed by atoms with Crippen molar-refractivity contribution < 1.29 is 18.9 Å². The first-order valence-electron chi connectivity index (χ1n) is 8.84. The van der Waals surface area contributed by atoms with Gasteiger partial charge in [-0.2, -0.15) is 0 Å². The van der Waals surface area contributed by atoms with E-state index in [9.17, 15) is 14.4 Å². The lowest BCUT2D eigenvalue weighted by Crippen LogP contribution is -2.52. The Morgan fingerprint density at radius 1 is 1.31 bits per heavy atom. The molecule has 2 bridgehead atoms. The summed E-state index contributed by atoms with van der Waals surface area (Å²) >= 11 is 0. The molecule has 26 heavy (non-hydrogen) atoms. The van der Waals surface area contributed by atoms with E-state index in [0.29, 0.717) is 6.54 Å². The van der Waals surface area contributed by atoms with E-state index in [4.69, 9.17) is 4.53 Å². The Kier molecular flexibility index (Phi) is 5.53. The Labute approximate surface area is 156 Å². The van der Waals surface area contributed by atoms with Crippen LogP contribution in [0.5, 0.6) is 0 Å². The van der Waals surface area contributed by atoms with E-state index in [1.165, 1.54) is 16.9 Å². The van der Waals surface area contributed by atoms with Gasteiger partial charge >= 0.3 is 6.03 Å². The number of urea groups is 1. The predicted molar refractivity (Wildman–Crippen MR) is 100 cm³/mol. The maximum Gasteiger partial charge on any atom is 0.344 e. The van der Waals surface area contributed by atoms with Crippen molar-refractivity contribution >= 4 is 26.2 Å². The van der Waals surface area contributed by atoms with Crippen LogP contribution in [0.25, 0.3) is 0 Å². The molecule has 2 rings (SSSR count). The summed E-state index contributed by atoms with van der Waals surface area (Å²) in [5.41, 5.74) is 0.802. The Bertz CT molecular complexity index is 641. The number of nitrogens with one attached hydrogen (secondary N) is 2. The fraction of sp³-hybridized carbons (Fsp3) is 0.706. The standard InChI is InChI=1S/C17H30N4O4Si/c1-11-8-13-9-20(14(11)15(23)19-10-18-12(2)22)16(24)21(13)25-26(6,7)17(3,4)5/h8,13-14H,9-10H2,1-7H3,(H,18,22)(H,19,23)/t13-,14+/m1/s1. The highest BCUT2D eigenvalue weighted by Crippen LogP contribution is 2.39. The maximum atomic E-state index is 12.9. The van der Waals surface area contributed by atoms with Gasteiger partial charge in [0.1, 0.15) is 6.04 Å². The van der Waals surface area contributed by atoms with E-state index in [0.717, 1.165) is 5.57 Å². The summed E-state index contributed by atoms with van der Waals surface area (Å²) < 4.78 is 6.23. The minimum atomic E-state index is -2.18. The molecule has 1 fully saturated rings. The van der Waals surface area contributed by atoms with Gasteiger partial charge in [-0.1, -0.05) is 26.8 Å². The molecule has 0 unspecified atom stereocenters. The molecule has 0 spiro atoms. The molecule has 2 heterocycles. The summed E-state index contributed by atoms with van der Waals surface area (Å²) in [6.07, 6.45) is 1.93. The number of amides is 4. The van der Waals surface area contributed by atoms with Gasteiger partial charge in [-0.05, 0) is 30.6 Å². The van der Waals surface area contributed by atoms with Crippen molar-refractivity contribution in [2.75, 3.05) is 13.2 Å². The van der Waals surface area contributed by atoms with Gasteiger partial charge in [-0.15, -0.1) is 0 Å². The fourth-order valence-electron chi connectivity index (χ4n) is 2.79.